The van der Waals surface area contributed by atoms with Crippen LogP contribution in [-0.2, 0) is 7.05 Å². The van der Waals surface area contributed by atoms with Crippen LogP contribution in [-0.4, -0.2) is 25.7 Å². The first kappa shape index (κ1) is 20.2. The van der Waals surface area contributed by atoms with Crippen LogP contribution >= 0.6 is 0 Å². The van der Waals surface area contributed by atoms with E-state index in [1.54, 1.807) is 39.1 Å². The van der Waals surface area contributed by atoms with E-state index in [1.807, 2.05) is 30.3 Å². The molecular formula is C23H20FN5O2. The topological polar surface area (TPSA) is 81.9 Å². The number of nitrogens with zero attached hydrogens (tertiary/aromatic N) is 4. The minimum Gasteiger partial charge on any atom is -0.424 e. The Bertz CT molecular complexity index is 1210. The third kappa shape index (κ3) is 4.42. The summed E-state index contributed by atoms with van der Waals surface area (Å²) in [7, 11) is 1.68. The molecule has 1 amide bonds. The van der Waals surface area contributed by atoms with Crippen LogP contribution in [0.4, 0.5) is 10.1 Å². The minimum absolute atomic E-state index is 0.207. The second-order valence-corrected chi connectivity index (χ2v) is 6.97. The van der Waals surface area contributed by atoms with Crippen molar-refractivity contribution in [3.05, 3.63) is 83.6 Å². The van der Waals surface area contributed by atoms with Gasteiger partial charge in [0.05, 0.1) is 22.8 Å². The van der Waals surface area contributed by atoms with E-state index >= 15 is 0 Å². The van der Waals surface area contributed by atoms with Crippen molar-refractivity contribution in [3.8, 4) is 23.0 Å². The molecule has 2 aromatic carbocycles. The van der Waals surface area contributed by atoms with Gasteiger partial charge in [-0.25, -0.2) is 4.39 Å². The molecule has 0 fully saturated rings. The van der Waals surface area contributed by atoms with E-state index in [9.17, 15) is 9.18 Å². The molecule has 2 aromatic heterocycles. The maximum absolute atomic E-state index is 13.2. The third-order valence-electron chi connectivity index (χ3n) is 4.69. The SMILES string of the molecule is Cc1nc(Oc2ccccc2)nc(C)c1NC(=O)c1cc(-c2ccc(F)cc2)nn1C. The van der Waals surface area contributed by atoms with Gasteiger partial charge in [0.1, 0.15) is 17.3 Å². The van der Waals surface area contributed by atoms with E-state index in [0.29, 0.717) is 39.8 Å². The third-order valence-corrected chi connectivity index (χ3v) is 4.69. The van der Waals surface area contributed by atoms with Gasteiger partial charge in [0.15, 0.2) is 0 Å². The van der Waals surface area contributed by atoms with Crippen molar-refractivity contribution in [2.45, 2.75) is 13.8 Å². The number of carbonyl (C=O) groups excluding carboxylic acids is 1. The first-order chi connectivity index (χ1) is 14.9. The molecule has 0 saturated heterocycles. The fourth-order valence-corrected chi connectivity index (χ4v) is 3.13. The fraction of sp³-hybridized carbons (Fsp3) is 0.130. The van der Waals surface area contributed by atoms with Gasteiger partial charge in [-0.15, -0.1) is 0 Å². The van der Waals surface area contributed by atoms with Crippen molar-refractivity contribution in [1.82, 2.24) is 19.7 Å². The Morgan fingerprint density at radius 2 is 1.65 bits per heavy atom. The highest BCUT2D eigenvalue weighted by Crippen LogP contribution is 2.25. The highest BCUT2D eigenvalue weighted by atomic mass is 19.1. The Morgan fingerprint density at radius 1 is 1.00 bits per heavy atom. The molecule has 0 aliphatic heterocycles. The van der Waals surface area contributed by atoms with Crippen LogP contribution in [0, 0.1) is 19.7 Å². The largest absolute Gasteiger partial charge is 0.424 e. The quantitative estimate of drug-likeness (QED) is 0.510. The van der Waals surface area contributed by atoms with Crippen molar-refractivity contribution in [2.24, 2.45) is 7.05 Å². The lowest BCUT2D eigenvalue weighted by Crippen LogP contribution is -2.18. The summed E-state index contributed by atoms with van der Waals surface area (Å²) in [6.07, 6.45) is 0. The Kier molecular flexibility index (Phi) is 5.44. The number of benzene rings is 2. The van der Waals surface area contributed by atoms with E-state index in [4.69, 9.17) is 4.74 Å². The molecule has 8 heteroatoms. The van der Waals surface area contributed by atoms with Crippen LogP contribution in [0.25, 0.3) is 11.3 Å². The van der Waals surface area contributed by atoms with E-state index in [1.165, 1.54) is 16.8 Å². The first-order valence-corrected chi connectivity index (χ1v) is 9.60. The zero-order valence-electron chi connectivity index (χ0n) is 17.3. The van der Waals surface area contributed by atoms with Crippen LogP contribution < -0.4 is 10.1 Å². The second-order valence-electron chi connectivity index (χ2n) is 6.97. The van der Waals surface area contributed by atoms with E-state index in [0.717, 1.165) is 0 Å². The predicted octanol–water partition coefficient (Wildman–Crippen LogP) is 4.68. The number of amides is 1. The molecule has 0 aliphatic rings. The molecule has 2 heterocycles. The summed E-state index contributed by atoms with van der Waals surface area (Å²) in [6.45, 7) is 3.55. The fourth-order valence-electron chi connectivity index (χ4n) is 3.13. The number of hydrogen-bond acceptors (Lipinski definition) is 5. The highest BCUT2D eigenvalue weighted by Gasteiger charge is 2.18. The molecule has 31 heavy (non-hydrogen) atoms. The molecule has 0 saturated carbocycles. The zero-order valence-corrected chi connectivity index (χ0v) is 17.3. The van der Waals surface area contributed by atoms with Crippen molar-refractivity contribution >= 4 is 11.6 Å². The lowest BCUT2D eigenvalue weighted by molar-refractivity contribution is 0.101. The second kappa shape index (κ2) is 8.35. The molecule has 1 N–H and O–H groups in total. The Labute approximate surface area is 178 Å². The summed E-state index contributed by atoms with van der Waals surface area (Å²) in [6, 6.07) is 17.0. The van der Waals surface area contributed by atoms with Gasteiger partial charge in [-0.2, -0.15) is 15.1 Å². The molecule has 7 nitrogen and oxygen atoms in total. The lowest BCUT2D eigenvalue weighted by Gasteiger charge is -2.12. The number of ether oxygens (including phenoxy) is 1. The van der Waals surface area contributed by atoms with E-state index in [-0.39, 0.29) is 17.7 Å². The van der Waals surface area contributed by atoms with Crippen LogP contribution in [0.2, 0.25) is 0 Å². The Morgan fingerprint density at radius 3 is 2.29 bits per heavy atom. The highest BCUT2D eigenvalue weighted by molar-refractivity contribution is 6.04. The molecule has 4 aromatic rings. The monoisotopic (exact) mass is 417 g/mol. The Balaban J connectivity index is 1.55. The van der Waals surface area contributed by atoms with Crippen LogP contribution in [0.3, 0.4) is 0 Å². The van der Waals surface area contributed by atoms with Crippen LogP contribution in [0.1, 0.15) is 21.9 Å². The molecule has 0 aliphatic carbocycles. The van der Waals surface area contributed by atoms with Crippen molar-refractivity contribution in [1.29, 1.82) is 0 Å². The van der Waals surface area contributed by atoms with Gasteiger partial charge in [0.25, 0.3) is 5.91 Å². The lowest BCUT2D eigenvalue weighted by atomic mass is 10.1. The summed E-state index contributed by atoms with van der Waals surface area (Å²) in [5.74, 6) is -0.0560. The smallest absolute Gasteiger partial charge is 0.322 e. The summed E-state index contributed by atoms with van der Waals surface area (Å²) in [5.41, 5.74) is 3.30. The standard InChI is InChI=1S/C23H20FN5O2/c1-14-21(15(2)26-23(25-14)31-18-7-5-4-6-8-18)27-22(30)20-13-19(28-29(20)3)16-9-11-17(24)12-10-16/h4-13H,1-3H3,(H,27,30). The maximum atomic E-state index is 13.2. The average Bonchev–Trinajstić information content (AvgIpc) is 3.13. The molecule has 156 valence electrons. The Hall–Kier alpha value is -4.07. The molecular weight excluding hydrogens is 397 g/mol. The summed E-state index contributed by atoms with van der Waals surface area (Å²) >= 11 is 0. The number of anilines is 1. The number of hydrogen-bond donors (Lipinski definition) is 1. The number of para-hydroxylation sites is 1. The van der Waals surface area contributed by atoms with Crippen molar-refractivity contribution in [3.63, 3.8) is 0 Å². The zero-order chi connectivity index (χ0) is 22.0. The van der Waals surface area contributed by atoms with E-state index in [2.05, 4.69) is 20.4 Å². The number of rotatable bonds is 5. The van der Waals surface area contributed by atoms with Crippen LogP contribution in [0.5, 0.6) is 11.8 Å². The van der Waals surface area contributed by atoms with Crippen molar-refractivity contribution in [2.75, 3.05) is 5.32 Å². The summed E-state index contributed by atoms with van der Waals surface area (Å²) in [5, 5.41) is 7.22. The summed E-state index contributed by atoms with van der Waals surface area (Å²) in [4.78, 5) is 21.6. The van der Waals surface area contributed by atoms with Crippen molar-refractivity contribution < 1.29 is 13.9 Å². The van der Waals surface area contributed by atoms with Crippen LogP contribution in [0.15, 0.2) is 60.7 Å². The predicted molar refractivity (Wildman–Crippen MR) is 115 cm³/mol. The van der Waals surface area contributed by atoms with Gasteiger partial charge < -0.3 is 10.1 Å². The molecule has 0 spiro atoms. The molecule has 0 atom stereocenters. The molecule has 0 radical (unpaired) electrons. The van der Waals surface area contributed by atoms with Gasteiger partial charge in [-0.1, -0.05) is 18.2 Å². The molecule has 4 rings (SSSR count). The van der Waals surface area contributed by atoms with Gasteiger partial charge in [-0.3, -0.25) is 9.48 Å². The maximum Gasteiger partial charge on any atom is 0.322 e. The van der Waals surface area contributed by atoms with Gasteiger partial charge in [0, 0.05) is 12.6 Å². The number of halogens is 1. The normalized spacial score (nSPS) is 10.7. The molecule has 0 unspecified atom stereocenters. The first-order valence-electron chi connectivity index (χ1n) is 9.60. The molecule has 0 bridgehead atoms. The van der Waals surface area contributed by atoms with Gasteiger partial charge >= 0.3 is 6.01 Å². The summed E-state index contributed by atoms with van der Waals surface area (Å²) < 4.78 is 20.3. The number of carbonyl (C=O) groups is 1. The van der Waals surface area contributed by atoms with Gasteiger partial charge in [0.2, 0.25) is 0 Å². The number of aryl methyl sites for hydroxylation is 3. The van der Waals surface area contributed by atoms with Gasteiger partial charge in [-0.05, 0) is 56.3 Å². The van der Waals surface area contributed by atoms with E-state index < -0.39 is 0 Å². The number of aromatic nitrogens is 4. The minimum atomic E-state index is -0.352. The average molecular weight is 417 g/mol. The number of nitrogens with one attached hydrogen (secondary N) is 1.